The summed E-state index contributed by atoms with van der Waals surface area (Å²) in [6.45, 7) is 9.48. The summed E-state index contributed by atoms with van der Waals surface area (Å²) in [7, 11) is 0. The lowest BCUT2D eigenvalue weighted by molar-refractivity contribution is -0.170. The number of rotatable bonds is 1. The van der Waals surface area contributed by atoms with Gasteiger partial charge in [-0.05, 0) is 47.5 Å². The highest BCUT2D eigenvalue weighted by molar-refractivity contribution is 5.73. The third-order valence-corrected chi connectivity index (χ3v) is 3.06. The van der Waals surface area contributed by atoms with Gasteiger partial charge in [0.1, 0.15) is 5.60 Å². The Labute approximate surface area is 103 Å². The summed E-state index contributed by atoms with van der Waals surface area (Å²) in [6, 6.07) is 0. The molecule has 0 aromatic carbocycles. The zero-order chi connectivity index (χ0) is 12.8. The number of ether oxygens (including phenoxy) is 3. The van der Waals surface area contributed by atoms with Crippen molar-refractivity contribution < 1.29 is 19.0 Å². The number of hydrogen-bond acceptors (Lipinski definition) is 4. The van der Waals surface area contributed by atoms with E-state index in [4.69, 9.17) is 14.2 Å². The molecule has 1 aliphatic heterocycles. The molecule has 0 N–H and O–H groups in total. The minimum Gasteiger partial charge on any atom is -0.460 e. The van der Waals surface area contributed by atoms with Crippen LogP contribution in [0.3, 0.4) is 0 Å². The second kappa shape index (κ2) is 3.95. The molecule has 2 atom stereocenters. The van der Waals surface area contributed by atoms with Crippen molar-refractivity contribution in [2.24, 2.45) is 5.92 Å². The van der Waals surface area contributed by atoms with Crippen LogP contribution < -0.4 is 0 Å². The zero-order valence-electron chi connectivity index (χ0n) is 11.3. The molecule has 1 aliphatic carbocycles. The summed E-state index contributed by atoms with van der Waals surface area (Å²) in [5, 5.41) is 0. The van der Waals surface area contributed by atoms with Crippen LogP contribution in [0.5, 0.6) is 0 Å². The molecule has 1 heterocycles. The van der Waals surface area contributed by atoms with E-state index in [1.54, 1.807) is 0 Å². The third kappa shape index (κ3) is 2.99. The lowest BCUT2D eigenvalue weighted by atomic mass is 10.1. The molecule has 2 aliphatic rings. The predicted molar refractivity (Wildman–Crippen MR) is 62.4 cm³/mol. The Morgan fingerprint density at radius 2 is 1.65 bits per heavy atom. The molecule has 0 amide bonds. The van der Waals surface area contributed by atoms with Crippen LogP contribution in [0.25, 0.3) is 0 Å². The molecule has 0 radical (unpaired) electrons. The van der Waals surface area contributed by atoms with Crippen molar-refractivity contribution in [2.45, 2.75) is 71.1 Å². The predicted octanol–water partition coefficient (Wildman–Crippen LogP) is 2.26. The quantitative estimate of drug-likeness (QED) is 0.662. The summed E-state index contributed by atoms with van der Waals surface area (Å²) in [5.74, 6) is -0.717. The maximum Gasteiger partial charge on any atom is 0.309 e. The molecule has 4 nitrogen and oxygen atoms in total. The van der Waals surface area contributed by atoms with E-state index < -0.39 is 11.4 Å². The fourth-order valence-electron chi connectivity index (χ4n) is 2.54. The van der Waals surface area contributed by atoms with Crippen molar-refractivity contribution in [3.63, 3.8) is 0 Å². The van der Waals surface area contributed by atoms with Crippen molar-refractivity contribution in [1.29, 1.82) is 0 Å². The van der Waals surface area contributed by atoms with E-state index in [2.05, 4.69) is 0 Å². The van der Waals surface area contributed by atoms with Gasteiger partial charge in [0.25, 0.3) is 0 Å². The molecule has 0 unspecified atom stereocenters. The van der Waals surface area contributed by atoms with Crippen LogP contribution in [0.1, 0.15) is 47.5 Å². The van der Waals surface area contributed by atoms with Crippen molar-refractivity contribution in [2.75, 3.05) is 0 Å². The molecule has 0 aromatic rings. The van der Waals surface area contributed by atoms with Crippen LogP contribution in [0, 0.1) is 5.92 Å². The lowest BCUT2D eigenvalue weighted by Gasteiger charge is -2.23. The molecule has 17 heavy (non-hydrogen) atoms. The highest BCUT2D eigenvalue weighted by atomic mass is 16.8. The summed E-state index contributed by atoms with van der Waals surface area (Å²) >= 11 is 0. The monoisotopic (exact) mass is 242 g/mol. The smallest absolute Gasteiger partial charge is 0.309 e. The summed E-state index contributed by atoms with van der Waals surface area (Å²) in [4.78, 5) is 11.9. The molecule has 1 saturated heterocycles. The van der Waals surface area contributed by atoms with E-state index in [9.17, 15) is 4.79 Å². The van der Waals surface area contributed by atoms with Gasteiger partial charge in [0, 0.05) is 0 Å². The van der Waals surface area contributed by atoms with Crippen molar-refractivity contribution >= 4 is 5.97 Å². The molecular formula is C13H22O4. The van der Waals surface area contributed by atoms with E-state index in [1.165, 1.54) is 0 Å². The average molecular weight is 242 g/mol. The van der Waals surface area contributed by atoms with Gasteiger partial charge < -0.3 is 14.2 Å². The van der Waals surface area contributed by atoms with Gasteiger partial charge in [-0.15, -0.1) is 0 Å². The second-order valence-electron chi connectivity index (χ2n) is 6.41. The van der Waals surface area contributed by atoms with Gasteiger partial charge in [-0.1, -0.05) is 0 Å². The first-order valence-electron chi connectivity index (χ1n) is 6.25. The van der Waals surface area contributed by atoms with Crippen LogP contribution in [0.15, 0.2) is 0 Å². The fraction of sp³-hybridized carbons (Fsp3) is 0.923. The van der Waals surface area contributed by atoms with Crippen molar-refractivity contribution in [3.05, 3.63) is 0 Å². The molecule has 0 spiro atoms. The van der Waals surface area contributed by atoms with Crippen molar-refractivity contribution in [1.82, 2.24) is 0 Å². The van der Waals surface area contributed by atoms with Gasteiger partial charge in [-0.3, -0.25) is 4.79 Å². The number of esters is 1. The van der Waals surface area contributed by atoms with Gasteiger partial charge in [-0.2, -0.15) is 0 Å². The molecule has 2 fully saturated rings. The number of carbonyl (C=O) groups excluding carboxylic acids is 1. The highest BCUT2D eigenvalue weighted by Crippen LogP contribution is 2.41. The van der Waals surface area contributed by atoms with E-state index in [0.717, 1.165) is 0 Å². The van der Waals surface area contributed by atoms with Gasteiger partial charge >= 0.3 is 5.97 Å². The van der Waals surface area contributed by atoms with Gasteiger partial charge in [0.2, 0.25) is 0 Å². The van der Waals surface area contributed by atoms with Gasteiger partial charge in [-0.25, -0.2) is 0 Å². The maximum atomic E-state index is 11.9. The Morgan fingerprint density at radius 3 is 2.06 bits per heavy atom. The van der Waals surface area contributed by atoms with Crippen LogP contribution in [-0.2, 0) is 19.0 Å². The van der Waals surface area contributed by atoms with Crippen molar-refractivity contribution in [3.8, 4) is 0 Å². The van der Waals surface area contributed by atoms with E-state index >= 15 is 0 Å². The number of carbonyl (C=O) groups is 1. The fourth-order valence-corrected chi connectivity index (χ4v) is 2.54. The Morgan fingerprint density at radius 1 is 1.18 bits per heavy atom. The molecule has 2 rings (SSSR count). The molecule has 0 aromatic heterocycles. The first-order valence-corrected chi connectivity index (χ1v) is 6.25. The Hall–Kier alpha value is -0.610. The number of fused-ring (bicyclic) bond motifs is 1. The van der Waals surface area contributed by atoms with Gasteiger partial charge in [0.15, 0.2) is 5.79 Å². The Balaban J connectivity index is 1.91. The highest BCUT2D eigenvalue weighted by Gasteiger charge is 2.49. The van der Waals surface area contributed by atoms with Crippen LogP contribution in [-0.4, -0.2) is 29.6 Å². The third-order valence-electron chi connectivity index (χ3n) is 3.06. The zero-order valence-corrected chi connectivity index (χ0v) is 11.3. The molecular weight excluding hydrogens is 220 g/mol. The molecule has 0 bridgehead atoms. The summed E-state index contributed by atoms with van der Waals surface area (Å²) in [6.07, 6.45) is 1.51. The lowest BCUT2D eigenvalue weighted by Crippen LogP contribution is -2.29. The maximum absolute atomic E-state index is 11.9. The largest absolute Gasteiger partial charge is 0.460 e. The van der Waals surface area contributed by atoms with E-state index in [0.29, 0.717) is 12.8 Å². The normalized spacial score (nSPS) is 32.5. The van der Waals surface area contributed by atoms with Crippen LogP contribution in [0.4, 0.5) is 0 Å². The minimum absolute atomic E-state index is 0.0440. The summed E-state index contributed by atoms with van der Waals surface area (Å²) < 4.78 is 16.9. The van der Waals surface area contributed by atoms with Crippen LogP contribution >= 0.6 is 0 Å². The molecule has 1 saturated carbocycles. The number of hydrogen-bond donors (Lipinski definition) is 0. The first-order chi connectivity index (χ1) is 7.66. The topological polar surface area (TPSA) is 44.8 Å². The Kier molecular flexibility index (Phi) is 2.99. The standard InChI is InChI=1S/C13H22O4/c1-12(2,3)17-11(14)8-6-9-10(7-8)16-13(4,5)15-9/h8-10H,6-7H2,1-5H3/t9-,10-/m1/s1. The van der Waals surface area contributed by atoms with Crippen LogP contribution in [0.2, 0.25) is 0 Å². The molecule has 4 heteroatoms. The van der Waals surface area contributed by atoms with E-state index in [1.807, 2.05) is 34.6 Å². The minimum atomic E-state index is -0.506. The van der Waals surface area contributed by atoms with Gasteiger partial charge in [0.05, 0.1) is 18.1 Å². The SMILES string of the molecule is CC(C)(C)OC(=O)C1C[C@H]2OC(C)(C)O[C@@H]2C1. The average Bonchev–Trinajstić information content (AvgIpc) is 2.53. The van der Waals surface area contributed by atoms with E-state index in [-0.39, 0.29) is 24.1 Å². The first kappa shape index (κ1) is 12.8. The Bertz CT molecular complexity index is 300. The summed E-state index contributed by atoms with van der Waals surface area (Å²) in [5.41, 5.74) is -0.421. The molecule has 98 valence electrons. The second-order valence-corrected chi connectivity index (χ2v) is 6.41.